The first kappa shape index (κ1) is 12.6. The Morgan fingerprint density at radius 2 is 2.12 bits per heavy atom. The van der Waals surface area contributed by atoms with Crippen molar-refractivity contribution in [3.63, 3.8) is 0 Å². The van der Waals surface area contributed by atoms with Crippen molar-refractivity contribution < 1.29 is 4.79 Å². The van der Waals surface area contributed by atoms with Gasteiger partial charge in [-0.25, -0.2) is 4.98 Å². The number of hydrogen-bond donors (Lipinski definition) is 1. The lowest BCUT2D eigenvalue weighted by molar-refractivity contribution is -0.117. The van der Waals surface area contributed by atoms with E-state index in [4.69, 9.17) is 0 Å². The van der Waals surface area contributed by atoms with Crippen LogP contribution in [0.25, 0.3) is 0 Å². The summed E-state index contributed by atoms with van der Waals surface area (Å²) in [7, 11) is 0. The highest BCUT2D eigenvalue weighted by molar-refractivity contribution is 9.10. The van der Waals surface area contributed by atoms with E-state index in [2.05, 4.69) is 26.2 Å². The maximum absolute atomic E-state index is 11.8. The zero-order valence-electron chi connectivity index (χ0n) is 9.79. The number of nitrogens with one attached hydrogen (secondary N) is 1. The topological polar surface area (TPSA) is 42.0 Å². The predicted octanol–water partition coefficient (Wildman–Crippen LogP) is 3.75. The number of pyridine rings is 1. The van der Waals surface area contributed by atoms with Crippen LogP contribution in [-0.2, 0) is 4.79 Å². The monoisotopic (exact) mass is 296 g/mol. The molecule has 1 heterocycles. The van der Waals surface area contributed by atoms with Crippen molar-refractivity contribution in [2.45, 2.75) is 38.5 Å². The van der Waals surface area contributed by atoms with Gasteiger partial charge in [-0.05, 0) is 46.8 Å². The van der Waals surface area contributed by atoms with E-state index in [9.17, 15) is 4.79 Å². The van der Waals surface area contributed by atoms with Crippen molar-refractivity contribution in [1.82, 2.24) is 4.98 Å². The summed E-state index contributed by atoms with van der Waals surface area (Å²) in [6, 6.07) is 5.52. The third kappa shape index (κ3) is 4.11. The van der Waals surface area contributed by atoms with Crippen LogP contribution in [0.2, 0.25) is 0 Å². The number of carbonyl (C=O) groups is 1. The van der Waals surface area contributed by atoms with Gasteiger partial charge in [0, 0.05) is 6.42 Å². The van der Waals surface area contributed by atoms with E-state index in [0.717, 1.165) is 4.60 Å². The molecular formula is C13H17BrN2O. The molecule has 0 atom stereocenters. The van der Waals surface area contributed by atoms with Gasteiger partial charge in [0.05, 0.1) is 0 Å². The fraction of sp³-hybridized carbons (Fsp3) is 0.538. The van der Waals surface area contributed by atoms with E-state index in [-0.39, 0.29) is 5.91 Å². The van der Waals surface area contributed by atoms with Gasteiger partial charge in [0.2, 0.25) is 5.91 Å². The van der Waals surface area contributed by atoms with E-state index in [1.807, 2.05) is 18.2 Å². The number of halogens is 1. The Hall–Kier alpha value is -0.900. The third-order valence-electron chi connectivity index (χ3n) is 3.18. The molecule has 2 rings (SSSR count). The lowest BCUT2D eigenvalue weighted by atomic mass is 9.87. The Kier molecular flexibility index (Phi) is 4.54. The van der Waals surface area contributed by atoms with Gasteiger partial charge in [0.15, 0.2) is 0 Å². The van der Waals surface area contributed by atoms with E-state index in [1.54, 1.807) is 0 Å². The molecule has 1 aromatic heterocycles. The third-order valence-corrected chi connectivity index (χ3v) is 3.62. The molecule has 0 radical (unpaired) electrons. The molecule has 1 aliphatic carbocycles. The second-order valence-corrected chi connectivity index (χ2v) is 5.41. The summed E-state index contributed by atoms with van der Waals surface area (Å²) >= 11 is 3.29. The highest BCUT2D eigenvalue weighted by Gasteiger charge is 2.17. The van der Waals surface area contributed by atoms with Crippen LogP contribution in [0.1, 0.15) is 38.5 Å². The number of hydrogen-bond acceptors (Lipinski definition) is 2. The Balaban J connectivity index is 1.84. The Morgan fingerprint density at radius 3 is 2.82 bits per heavy atom. The van der Waals surface area contributed by atoms with Crippen molar-refractivity contribution in [1.29, 1.82) is 0 Å². The van der Waals surface area contributed by atoms with E-state index in [0.29, 0.717) is 18.2 Å². The molecule has 3 nitrogen and oxygen atoms in total. The number of aromatic nitrogens is 1. The van der Waals surface area contributed by atoms with Gasteiger partial charge in [-0.15, -0.1) is 0 Å². The standard InChI is InChI=1S/C13H17BrN2O/c14-11-7-4-8-12(15-11)16-13(17)9-10-5-2-1-3-6-10/h4,7-8,10H,1-3,5-6,9H2,(H,15,16,17). The molecule has 92 valence electrons. The molecule has 0 bridgehead atoms. The highest BCUT2D eigenvalue weighted by Crippen LogP contribution is 2.26. The molecular weight excluding hydrogens is 280 g/mol. The van der Waals surface area contributed by atoms with E-state index < -0.39 is 0 Å². The fourth-order valence-electron chi connectivity index (χ4n) is 2.33. The van der Waals surface area contributed by atoms with Gasteiger partial charge in [-0.3, -0.25) is 4.79 Å². The second kappa shape index (κ2) is 6.15. The molecule has 1 amide bonds. The zero-order chi connectivity index (χ0) is 12.1. The Labute approximate surface area is 110 Å². The molecule has 0 aromatic carbocycles. The Morgan fingerprint density at radius 1 is 1.35 bits per heavy atom. The maximum atomic E-state index is 11.8. The van der Waals surface area contributed by atoms with Gasteiger partial charge in [0.25, 0.3) is 0 Å². The quantitative estimate of drug-likeness (QED) is 0.863. The van der Waals surface area contributed by atoms with Crippen LogP contribution in [0.3, 0.4) is 0 Å². The minimum Gasteiger partial charge on any atom is -0.311 e. The van der Waals surface area contributed by atoms with Crippen LogP contribution in [-0.4, -0.2) is 10.9 Å². The first-order valence-electron chi connectivity index (χ1n) is 6.16. The largest absolute Gasteiger partial charge is 0.311 e. The summed E-state index contributed by atoms with van der Waals surface area (Å²) in [5, 5.41) is 2.85. The number of anilines is 1. The smallest absolute Gasteiger partial charge is 0.225 e. The van der Waals surface area contributed by atoms with Gasteiger partial charge < -0.3 is 5.32 Å². The number of nitrogens with zero attached hydrogens (tertiary/aromatic N) is 1. The van der Waals surface area contributed by atoms with Crippen LogP contribution >= 0.6 is 15.9 Å². The SMILES string of the molecule is O=C(CC1CCCCC1)Nc1cccc(Br)n1. The summed E-state index contributed by atoms with van der Waals surface area (Å²) in [4.78, 5) is 16.0. The minimum absolute atomic E-state index is 0.0856. The molecule has 4 heteroatoms. The summed E-state index contributed by atoms with van der Waals surface area (Å²) < 4.78 is 0.743. The Bertz CT molecular complexity index is 389. The average Bonchev–Trinajstić information content (AvgIpc) is 2.30. The van der Waals surface area contributed by atoms with E-state index >= 15 is 0 Å². The van der Waals surface area contributed by atoms with Gasteiger partial charge in [0.1, 0.15) is 10.4 Å². The predicted molar refractivity (Wildman–Crippen MR) is 71.8 cm³/mol. The van der Waals surface area contributed by atoms with Crippen molar-refractivity contribution in [2.24, 2.45) is 5.92 Å². The molecule has 1 saturated carbocycles. The van der Waals surface area contributed by atoms with Crippen LogP contribution < -0.4 is 5.32 Å². The fourth-order valence-corrected chi connectivity index (χ4v) is 2.67. The van der Waals surface area contributed by atoms with Crippen LogP contribution in [0.15, 0.2) is 22.8 Å². The highest BCUT2D eigenvalue weighted by atomic mass is 79.9. The molecule has 1 aromatic rings. The summed E-state index contributed by atoms with van der Waals surface area (Å²) in [5.41, 5.74) is 0. The van der Waals surface area contributed by atoms with Crippen molar-refractivity contribution >= 4 is 27.7 Å². The molecule has 0 aliphatic heterocycles. The normalized spacial score (nSPS) is 16.8. The average molecular weight is 297 g/mol. The molecule has 0 spiro atoms. The number of carbonyl (C=O) groups excluding carboxylic acids is 1. The van der Waals surface area contributed by atoms with Gasteiger partial charge in [-0.2, -0.15) is 0 Å². The molecule has 17 heavy (non-hydrogen) atoms. The molecule has 1 N–H and O–H groups in total. The minimum atomic E-state index is 0.0856. The number of rotatable bonds is 3. The molecule has 0 saturated heterocycles. The summed E-state index contributed by atoms with van der Waals surface area (Å²) in [6.45, 7) is 0. The van der Waals surface area contributed by atoms with Crippen LogP contribution in [0, 0.1) is 5.92 Å². The van der Waals surface area contributed by atoms with Gasteiger partial charge >= 0.3 is 0 Å². The van der Waals surface area contributed by atoms with Crippen LogP contribution in [0.4, 0.5) is 5.82 Å². The molecule has 1 fully saturated rings. The lowest BCUT2D eigenvalue weighted by Gasteiger charge is -2.20. The van der Waals surface area contributed by atoms with Gasteiger partial charge in [-0.1, -0.05) is 25.3 Å². The lowest BCUT2D eigenvalue weighted by Crippen LogP contribution is -2.18. The second-order valence-electron chi connectivity index (χ2n) is 4.60. The van der Waals surface area contributed by atoms with Crippen molar-refractivity contribution in [2.75, 3.05) is 5.32 Å². The van der Waals surface area contributed by atoms with Crippen molar-refractivity contribution in [3.8, 4) is 0 Å². The van der Waals surface area contributed by atoms with Crippen LogP contribution in [0.5, 0.6) is 0 Å². The molecule has 1 aliphatic rings. The zero-order valence-corrected chi connectivity index (χ0v) is 11.4. The van der Waals surface area contributed by atoms with Crippen molar-refractivity contribution in [3.05, 3.63) is 22.8 Å². The maximum Gasteiger partial charge on any atom is 0.225 e. The summed E-state index contributed by atoms with van der Waals surface area (Å²) in [5.74, 6) is 1.28. The molecule has 0 unspecified atom stereocenters. The summed E-state index contributed by atoms with van der Waals surface area (Å²) in [6.07, 6.45) is 6.89. The first-order valence-corrected chi connectivity index (χ1v) is 6.96. The van der Waals surface area contributed by atoms with E-state index in [1.165, 1.54) is 32.1 Å². The first-order chi connectivity index (χ1) is 8.24. The number of amides is 1.